The van der Waals surface area contributed by atoms with Crippen molar-refractivity contribution < 1.29 is 4.79 Å². The number of nitrogens with two attached hydrogens (primary N) is 1. The summed E-state index contributed by atoms with van der Waals surface area (Å²) in [7, 11) is 0. The highest BCUT2D eigenvalue weighted by Gasteiger charge is 2.06. The number of amides is 1. The minimum absolute atomic E-state index is 0.441. The molecule has 8 heavy (non-hydrogen) atoms. The first-order valence-electron chi connectivity index (χ1n) is 2.22. The normalized spacial score (nSPS) is 12.6. The lowest BCUT2D eigenvalue weighted by Gasteiger charge is -1.96. The number of carbonyl (C=O) groups is 1. The first-order valence-corrected chi connectivity index (χ1v) is 2.66. The van der Waals surface area contributed by atoms with Gasteiger partial charge in [0.05, 0.1) is 0 Å². The van der Waals surface area contributed by atoms with Gasteiger partial charge in [-0.2, -0.15) is 0 Å². The maximum Gasteiger partial charge on any atom is 0.235 e. The highest BCUT2D eigenvalue weighted by molar-refractivity contribution is 6.30. The topological polar surface area (TPSA) is 43.1 Å². The van der Waals surface area contributed by atoms with E-state index in [9.17, 15) is 4.79 Å². The molecule has 0 spiro atoms. The van der Waals surface area contributed by atoms with Crippen LogP contribution in [0.1, 0.15) is 6.42 Å². The second kappa shape index (κ2) is 3.50. The predicted octanol–water partition coefficient (Wildman–Crippen LogP) is 0.655. The molecule has 0 saturated carbocycles. The van der Waals surface area contributed by atoms with Crippen molar-refractivity contribution in [2.75, 3.05) is 0 Å². The average molecular weight is 134 g/mol. The van der Waals surface area contributed by atoms with Crippen LogP contribution in [-0.4, -0.2) is 11.3 Å². The second-order valence-electron chi connectivity index (χ2n) is 1.39. The number of alkyl halides is 1. The summed E-state index contributed by atoms with van der Waals surface area (Å²) in [5, 5.41) is -0.590. The van der Waals surface area contributed by atoms with Crippen molar-refractivity contribution in [1.82, 2.24) is 0 Å². The van der Waals surface area contributed by atoms with Gasteiger partial charge in [0.15, 0.2) is 0 Å². The molecule has 0 fully saturated rings. The Morgan fingerprint density at radius 3 is 2.62 bits per heavy atom. The van der Waals surface area contributed by atoms with Gasteiger partial charge in [-0.3, -0.25) is 4.79 Å². The second-order valence-corrected chi connectivity index (χ2v) is 1.92. The third kappa shape index (κ3) is 2.64. The Balaban J connectivity index is 3.46. The molecule has 0 saturated heterocycles. The number of carbonyl (C=O) groups excluding carboxylic acids is 1. The summed E-state index contributed by atoms with van der Waals surface area (Å²) in [6.45, 7) is 3.39. The molecule has 0 bridgehead atoms. The fourth-order valence-corrected chi connectivity index (χ4v) is 0.388. The van der Waals surface area contributed by atoms with Gasteiger partial charge in [0.2, 0.25) is 5.91 Å². The van der Waals surface area contributed by atoms with E-state index in [0.29, 0.717) is 6.42 Å². The van der Waals surface area contributed by atoms with Crippen molar-refractivity contribution >= 4 is 17.5 Å². The third-order valence-electron chi connectivity index (χ3n) is 0.682. The van der Waals surface area contributed by atoms with Crippen LogP contribution in [0.25, 0.3) is 0 Å². The predicted molar refractivity (Wildman–Crippen MR) is 33.6 cm³/mol. The highest BCUT2D eigenvalue weighted by Crippen LogP contribution is 1.99. The van der Waals surface area contributed by atoms with Gasteiger partial charge >= 0.3 is 0 Å². The lowest BCUT2D eigenvalue weighted by atomic mass is 10.3. The van der Waals surface area contributed by atoms with Gasteiger partial charge in [-0.15, -0.1) is 18.2 Å². The van der Waals surface area contributed by atoms with Crippen molar-refractivity contribution in [2.45, 2.75) is 11.8 Å². The summed E-state index contributed by atoms with van der Waals surface area (Å²) >= 11 is 5.37. The first-order chi connectivity index (χ1) is 3.68. The molecule has 0 aromatic rings. The standard InChI is InChI=1S/C5H8ClNO/c1-2-3-4(6)5(7)8/h2,4H,1,3H2,(H2,7,8). The van der Waals surface area contributed by atoms with Crippen molar-refractivity contribution in [3.05, 3.63) is 12.7 Å². The van der Waals surface area contributed by atoms with Gasteiger partial charge in [-0.25, -0.2) is 0 Å². The molecule has 0 aromatic carbocycles. The molecule has 1 unspecified atom stereocenters. The van der Waals surface area contributed by atoms with E-state index in [-0.39, 0.29) is 0 Å². The number of primary amides is 1. The van der Waals surface area contributed by atoms with Gasteiger partial charge in [-0.05, 0) is 6.42 Å². The monoisotopic (exact) mass is 133 g/mol. The van der Waals surface area contributed by atoms with E-state index in [1.807, 2.05) is 0 Å². The molecule has 2 nitrogen and oxygen atoms in total. The molecule has 0 rings (SSSR count). The molecule has 0 aliphatic rings. The molecule has 1 amide bonds. The minimum atomic E-state index is -0.590. The fraction of sp³-hybridized carbons (Fsp3) is 0.400. The van der Waals surface area contributed by atoms with Crippen LogP contribution < -0.4 is 5.73 Å². The van der Waals surface area contributed by atoms with Crippen LogP contribution in [-0.2, 0) is 4.79 Å². The largest absolute Gasteiger partial charge is 0.368 e. The summed E-state index contributed by atoms with van der Waals surface area (Å²) in [6, 6.07) is 0. The summed E-state index contributed by atoms with van der Waals surface area (Å²) < 4.78 is 0. The molecule has 3 heteroatoms. The van der Waals surface area contributed by atoms with E-state index in [2.05, 4.69) is 6.58 Å². The van der Waals surface area contributed by atoms with Crippen molar-refractivity contribution in [3.8, 4) is 0 Å². The SMILES string of the molecule is C=CCC(Cl)C(N)=O. The maximum atomic E-state index is 10.1. The average Bonchev–Trinajstić information content (AvgIpc) is 1.67. The zero-order chi connectivity index (χ0) is 6.57. The van der Waals surface area contributed by atoms with Gasteiger partial charge in [0, 0.05) is 0 Å². The Morgan fingerprint density at radius 1 is 2.00 bits per heavy atom. The highest BCUT2D eigenvalue weighted by atomic mass is 35.5. The van der Waals surface area contributed by atoms with Crippen LogP contribution in [0, 0.1) is 0 Å². The Kier molecular flexibility index (Phi) is 3.28. The number of halogens is 1. The van der Waals surface area contributed by atoms with Gasteiger partial charge < -0.3 is 5.73 Å². The molecule has 0 aliphatic heterocycles. The maximum absolute atomic E-state index is 10.1. The summed E-state index contributed by atoms with van der Waals surface area (Å²) in [5.74, 6) is -0.494. The van der Waals surface area contributed by atoms with Gasteiger partial charge in [0.1, 0.15) is 5.38 Å². The summed E-state index contributed by atoms with van der Waals surface area (Å²) in [4.78, 5) is 10.1. The smallest absolute Gasteiger partial charge is 0.235 e. The quantitative estimate of drug-likeness (QED) is 0.446. The number of hydrogen-bond donors (Lipinski definition) is 1. The Morgan fingerprint density at radius 2 is 2.50 bits per heavy atom. The van der Waals surface area contributed by atoms with Crippen molar-refractivity contribution in [2.24, 2.45) is 5.73 Å². The number of allylic oxidation sites excluding steroid dienone is 1. The number of hydrogen-bond acceptors (Lipinski definition) is 1. The molecular weight excluding hydrogens is 126 g/mol. The molecule has 0 aromatic heterocycles. The Bertz CT molecular complexity index is 103. The molecular formula is C5H8ClNO. The first kappa shape index (κ1) is 7.50. The molecule has 0 aliphatic carbocycles. The zero-order valence-electron chi connectivity index (χ0n) is 4.43. The van der Waals surface area contributed by atoms with Crippen LogP contribution in [0.4, 0.5) is 0 Å². The van der Waals surface area contributed by atoms with E-state index in [4.69, 9.17) is 17.3 Å². The summed E-state index contributed by atoms with van der Waals surface area (Å²) in [5.41, 5.74) is 4.80. The van der Waals surface area contributed by atoms with Crippen molar-refractivity contribution in [3.63, 3.8) is 0 Å². The van der Waals surface area contributed by atoms with E-state index >= 15 is 0 Å². The molecule has 46 valence electrons. The van der Waals surface area contributed by atoms with Crippen LogP contribution in [0.15, 0.2) is 12.7 Å². The van der Waals surface area contributed by atoms with Crippen LogP contribution in [0.5, 0.6) is 0 Å². The van der Waals surface area contributed by atoms with E-state index in [1.54, 1.807) is 6.08 Å². The number of rotatable bonds is 3. The van der Waals surface area contributed by atoms with Crippen LogP contribution in [0.3, 0.4) is 0 Å². The Labute approximate surface area is 53.3 Å². The molecule has 0 radical (unpaired) electrons. The van der Waals surface area contributed by atoms with E-state index in [1.165, 1.54) is 0 Å². The van der Waals surface area contributed by atoms with E-state index in [0.717, 1.165) is 0 Å². The molecule has 2 N–H and O–H groups in total. The van der Waals surface area contributed by atoms with Crippen molar-refractivity contribution in [1.29, 1.82) is 0 Å². The third-order valence-corrected chi connectivity index (χ3v) is 1.08. The van der Waals surface area contributed by atoms with E-state index < -0.39 is 11.3 Å². The minimum Gasteiger partial charge on any atom is -0.368 e. The molecule has 1 atom stereocenters. The van der Waals surface area contributed by atoms with Crippen LogP contribution in [0.2, 0.25) is 0 Å². The lowest BCUT2D eigenvalue weighted by Crippen LogP contribution is -2.22. The van der Waals surface area contributed by atoms with Gasteiger partial charge in [-0.1, -0.05) is 6.08 Å². The summed E-state index contributed by atoms with van der Waals surface area (Å²) in [6.07, 6.45) is 2.00. The molecule has 0 heterocycles. The fourth-order valence-electron chi connectivity index (χ4n) is 0.262. The zero-order valence-corrected chi connectivity index (χ0v) is 5.19. The van der Waals surface area contributed by atoms with Gasteiger partial charge in [0.25, 0.3) is 0 Å². The lowest BCUT2D eigenvalue weighted by molar-refractivity contribution is -0.117. The Hall–Kier alpha value is -0.500. The van der Waals surface area contributed by atoms with Crippen LogP contribution >= 0.6 is 11.6 Å².